The van der Waals surface area contributed by atoms with Gasteiger partial charge in [-0.25, -0.2) is 13.4 Å². The van der Waals surface area contributed by atoms with Crippen molar-refractivity contribution in [2.45, 2.75) is 31.6 Å². The van der Waals surface area contributed by atoms with Crippen molar-refractivity contribution in [3.8, 4) is 0 Å². The molecule has 3 aromatic rings. The predicted octanol–water partition coefficient (Wildman–Crippen LogP) is 3.39. The summed E-state index contributed by atoms with van der Waals surface area (Å²) in [6, 6.07) is 5.85. The van der Waals surface area contributed by atoms with E-state index in [0.29, 0.717) is 37.9 Å². The molecule has 1 saturated heterocycles. The molecule has 9 nitrogen and oxygen atoms in total. The lowest BCUT2D eigenvalue weighted by molar-refractivity contribution is 0.388. The van der Waals surface area contributed by atoms with E-state index in [2.05, 4.69) is 25.4 Å². The van der Waals surface area contributed by atoms with E-state index in [1.807, 2.05) is 24.4 Å². The molecular formula is C20H26ClN7O2S2. The summed E-state index contributed by atoms with van der Waals surface area (Å²) in [5, 5.41) is 13.8. The van der Waals surface area contributed by atoms with Gasteiger partial charge in [-0.2, -0.15) is 4.31 Å². The Hall–Kier alpha value is -2.08. The molecule has 1 aliphatic carbocycles. The maximum Gasteiger partial charge on any atom is 0.211 e. The normalized spacial score (nSPS) is 18.1. The second-order valence-corrected chi connectivity index (χ2v) is 11.1. The van der Waals surface area contributed by atoms with Gasteiger partial charge in [-0.05, 0) is 31.0 Å². The summed E-state index contributed by atoms with van der Waals surface area (Å²) >= 11 is 1.61. The molecule has 0 unspecified atom stereocenters. The van der Waals surface area contributed by atoms with Gasteiger partial charge in [0.1, 0.15) is 10.8 Å². The van der Waals surface area contributed by atoms with Crippen molar-refractivity contribution in [3.05, 3.63) is 29.4 Å². The zero-order valence-electron chi connectivity index (χ0n) is 17.8. The van der Waals surface area contributed by atoms with E-state index in [1.54, 1.807) is 11.3 Å². The van der Waals surface area contributed by atoms with E-state index in [4.69, 9.17) is 4.98 Å². The van der Waals surface area contributed by atoms with Crippen LogP contribution in [0.2, 0.25) is 0 Å². The monoisotopic (exact) mass is 495 g/mol. The SMILES string of the molecule is CS(=O)(=O)N1CCN(c2cnc3ccc(Nc4nnc(C5CCCC5)s4)nc3c2)CC1.Cl. The summed E-state index contributed by atoms with van der Waals surface area (Å²) in [6.07, 6.45) is 8.04. The minimum absolute atomic E-state index is 0. The molecule has 2 aliphatic rings. The largest absolute Gasteiger partial charge is 0.368 e. The fourth-order valence-electron chi connectivity index (χ4n) is 4.25. The van der Waals surface area contributed by atoms with Gasteiger partial charge < -0.3 is 10.2 Å². The Balaban J connectivity index is 0.00000245. The maximum absolute atomic E-state index is 11.7. The smallest absolute Gasteiger partial charge is 0.211 e. The van der Waals surface area contributed by atoms with Gasteiger partial charge >= 0.3 is 0 Å². The van der Waals surface area contributed by atoms with Gasteiger partial charge in [-0.1, -0.05) is 24.2 Å². The lowest BCUT2D eigenvalue weighted by Crippen LogP contribution is -2.48. The van der Waals surface area contributed by atoms with Crippen molar-refractivity contribution >= 4 is 61.4 Å². The number of piperazine rings is 1. The van der Waals surface area contributed by atoms with Gasteiger partial charge in [-0.15, -0.1) is 22.6 Å². The van der Waals surface area contributed by atoms with Gasteiger partial charge in [0.25, 0.3) is 0 Å². The summed E-state index contributed by atoms with van der Waals surface area (Å²) < 4.78 is 25.0. The number of sulfonamides is 1. The summed E-state index contributed by atoms with van der Waals surface area (Å²) in [5.41, 5.74) is 2.55. The first kappa shape index (κ1) is 23.1. The lowest BCUT2D eigenvalue weighted by Gasteiger charge is -2.34. The Morgan fingerprint density at radius 3 is 2.53 bits per heavy atom. The van der Waals surface area contributed by atoms with E-state index in [9.17, 15) is 8.42 Å². The average molecular weight is 496 g/mol. The summed E-state index contributed by atoms with van der Waals surface area (Å²) in [7, 11) is -3.15. The van der Waals surface area contributed by atoms with Crippen molar-refractivity contribution in [3.63, 3.8) is 0 Å². The molecule has 172 valence electrons. The average Bonchev–Trinajstić information content (AvgIpc) is 3.45. The Labute approximate surface area is 197 Å². The van der Waals surface area contributed by atoms with Crippen LogP contribution < -0.4 is 10.2 Å². The van der Waals surface area contributed by atoms with E-state index >= 15 is 0 Å². The highest BCUT2D eigenvalue weighted by molar-refractivity contribution is 7.88. The Bertz CT molecular complexity index is 1190. The topological polar surface area (TPSA) is 104 Å². The first-order valence-corrected chi connectivity index (χ1v) is 13.2. The number of nitrogens with one attached hydrogen (secondary N) is 1. The van der Waals surface area contributed by atoms with Gasteiger partial charge in [0, 0.05) is 32.1 Å². The van der Waals surface area contributed by atoms with Crippen molar-refractivity contribution in [2.24, 2.45) is 0 Å². The first-order chi connectivity index (χ1) is 15.0. The number of fused-ring (bicyclic) bond motifs is 1. The van der Waals surface area contributed by atoms with Gasteiger partial charge in [0.05, 0.1) is 29.2 Å². The fourth-order valence-corrected chi connectivity index (χ4v) is 5.99. The molecule has 2 fully saturated rings. The highest BCUT2D eigenvalue weighted by Crippen LogP contribution is 2.37. The molecule has 0 bridgehead atoms. The van der Waals surface area contributed by atoms with Gasteiger partial charge in [-0.3, -0.25) is 4.98 Å². The second-order valence-electron chi connectivity index (χ2n) is 8.13. The quantitative estimate of drug-likeness (QED) is 0.574. The van der Waals surface area contributed by atoms with E-state index in [0.717, 1.165) is 26.9 Å². The van der Waals surface area contributed by atoms with Crippen LogP contribution >= 0.6 is 23.7 Å². The number of halogens is 1. The maximum atomic E-state index is 11.7. The molecule has 0 spiro atoms. The zero-order valence-corrected chi connectivity index (χ0v) is 20.2. The third-order valence-corrected chi connectivity index (χ3v) is 8.28. The van der Waals surface area contributed by atoms with Crippen molar-refractivity contribution in [1.29, 1.82) is 0 Å². The standard InChI is InChI=1S/C20H25N7O2S2.ClH/c1-31(28,29)27-10-8-26(9-11-27)15-12-17-16(21-13-15)6-7-18(22-17)23-20-25-24-19(30-20)14-4-2-3-5-14;/h6-7,12-14H,2-5,8-11H2,1H3,(H,22,23,25);1H. The summed E-state index contributed by atoms with van der Waals surface area (Å²) in [4.78, 5) is 11.4. The molecule has 1 N–H and O–H groups in total. The van der Waals surface area contributed by atoms with Crippen LogP contribution in [0.4, 0.5) is 16.6 Å². The number of hydrogen-bond acceptors (Lipinski definition) is 9. The molecule has 5 rings (SSSR count). The number of pyridine rings is 2. The van der Waals surface area contributed by atoms with Crippen LogP contribution in [0.15, 0.2) is 24.4 Å². The van der Waals surface area contributed by atoms with Gasteiger partial charge in [0.2, 0.25) is 15.2 Å². The third-order valence-electron chi connectivity index (χ3n) is 5.98. The van der Waals surface area contributed by atoms with Crippen LogP contribution in [0.3, 0.4) is 0 Å². The fraction of sp³-hybridized carbons (Fsp3) is 0.500. The predicted molar refractivity (Wildman–Crippen MR) is 130 cm³/mol. The Kier molecular flexibility index (Phi) is 6.80. The molecule has 0 amide bonds. The van der Waals surface area contributed by atoms with Crippen molar-refractivity contribution in [2.75, 3.05) is 42.7 Å². The number of rotatable bonds is 5. The molecule has 32 heavy (non-hydrogen) atoms. The van der Waals surface area contributed by atoms with E-state index in [-0.39, 0.29) is 12.4 Å². The second kappa shape index (κ2) is 9.42. The first-order valence-electron chi connectivity index (χ1n) is 10.5. The Morgan fingerprint density at radius 2 is 1.81 bits per heavy atom. The summed E-state index contributed by atoms with van der Waals surface area (Å²) in [5.74, 6) is 1.26. The lowest BCUT2D eigenvalue weighted by atomic mass is 10.1. The van der Waals surface area contributed by atoms with Crippen LogP contribution in [0, 0.1) is 0 Å². The van der Waals surface area contributed by atoms with Crippen LogP contribution in [0.1, 0.15) is 36.6 Å². The highest BCUT2D eigenvalue weighted by atomic mass is 35.5. The molecular weight excluding hydrogens is 470 g/mol. The number of hydrogen-bond donors (Lipinski definition) is 1. The molecule has 0 radical (unpaired) electrons. The number of anilines is 3. The minimum Gasteiger partial charge on any atom is -0.368 e. The molecule has 0 aromatic carbocycles. The molecule has 3 aromatic heterocycles. The third kappa shape index (κ3) is 4.95. The highest BCUT2D eigenvalue weighted by Gasteiger charge is 2.24. The molecule has 0 atom stereocenters. The van der Waals surface area contributed by atoms with E-state index in [1.165, 1.54) is 36.2 Å². The Morgan fingerprint density at radius 1 is 1.06 bits per heavy atom. The zero-order chi connectivity index (χ0) is 21.4. The summed E-state index contributed by atoms with van der Waals surface area (Å²) in [6.45, 7) is 2.22. The van der Waals surface area contributed by atoms with Gasteiger partial charge in [0.15, 0.2) is 0 Å². The number of aromatic nitrogens is 4. The van der Waals surface area contributed by atoms with Crippen LogP contribution in [0.5, 0.6) is 0 Å². The van der Waals surface area contributed by atoms with Crippen molar-refractivity contribution in [1.82, 2.24) is 24.5 Å². The van der Waals surface area contributed by atoms with Crippen molar-refractivity contribution < 1.29 is 8.42 Å². The molecule has 1 aliphatic heterocycles. The van der Waals surface area contributed by atoms with Crippen LogP contribution in [0.25, 0.3) is 11.0 Å². The molecule has 12 heteroatoms. The number of nitrogens with zero attached hydrogens (tertiary/aromatic N) is 6. The van der Waals surface area contributed by atoms with E-state index < -0.39 is 10.0 Å². The molecule has 1 saturated carbocycles. The molecule has 4 heterocycles. The van der Waals surface area contributed by atoms with Crippen LogP contribution in [-0.2, 0) is 10.0 Å². The minimum atomic E-state index is -3.15. The van der Waals surface area contributed by atoms with Crippen LogP contribution in [-0.4, -0.2) is 65.3 Å².